The van der Waals surface area contributed by atoms with Gasteiger partial charge in [-0.15, -0.1) is 0 Å². The van der Waals surface area contributed by atoms with Gasteiger partial charge in [-0.25, -0.2) is 4.99 Å². The van der Waals surface area contributed by atoms with Crippen LogP contribution >= 0.6 is 0 Å². The number of anilines is 1. The van der Waals surface area contributed by atoms with Crippen LogP contribution < -0.4 is 11.2 Å². The van der Waals surface area contributed by atoms with Crippen molar-refractivity contribution in [3.05, 3.63) is 71.9 Å². The third-order valence-electron chi connectivity index (χ3n) is 6.06. The maximum absolute atomic E-state index is 10.6. The standard InChI is InChI=1S/C24H26N6O3/c1-14-20(31)21(32)24(33-14)30-12-18(15-5-3-2-4-6-15)19-11-29(13-27-23(19)30)28-17-9-7-16(8-10-17)22(25)26/h2-10,12-14,20-21,24,28,31-32H,11H2,1H3,(H3,25,26)/t14-,20-,21-,24-/m1/s1. The summed E-state index contributed by atoms with van der Waals surface area (Å²) in [5.41, 5.74) is 13.3. The van der Waals surface area contributed by atoms with Crippen LogP contribution in [-0.4, -0.2) is 50.3 Å². The summed E-state index contributed by atoms with van der Waals surface area (Å²) in [6.45, 7) is 2.26. The Labute approximate surface area is 191 Å². The largest absolute Gasteiger partial charge is 0.388 e. The zero-order valence-corrected chi connectivity index (χ0v) is 18.1. The Morgan fingerprint density at radius 1 is 1.12 bits per heavy atom. The van der Waals surface area contributed by atoms with Crippen LogP contribution in [0.4, 0.5) is 11.5 Å². The van der Waals surface area contributed by atoms with E-state index >= 15 is 0 Å². The van der Waals surface area contributed by atoms with Crippen molar-refractivity contribution in [3.63, 3.8) is 0 Å². The fraction of sp³-hybridized carbons (Fsp3) is 0.250. The molecule has 9 nitrogen and oxygen atoms in total. The zero-order valence-electron chi connectivity index (χ0n) is 18.1. The van der Waals surface area contributed by atoms with Gasteiger partial charge in [-0.05, 0) is 36.8 Å². The first-order chi connectivity index (χ1) is 15.9. The second-order valence-electron chi connectivity index (χ2n) is 8.31. The van der Waals surface area contributed by atoms with E-state index < -0.39 is 24.5 Å². The van der Waals surface area contributed by atoms with Gasteiger partial charge in [-0.1, -0.05) is 30.3 Å². The van der Waals surface area contributed by atoms with Crippen molar-refractivity contribution in [2.45, 2.75) is 38.0 Å². The Hall–Kier alpha value is -3.66. The van der Waals surface area contributed by atoms with Gasteiger partial charge < -0.3 is 25.3 Å². The van der Waals surface area contributed by atoms with Gasteiger partial charge in [-0.2, -0.15) is 0 Å². The maximum Gasteiger partial charge on any atom is 0.164 e. The number of aliphatic imine (C=N–C) groups is 1. The predicted molar refractivity (Wildman–Crippen MR) is 126 cm³/mol. The van der Waals surface area contributed by atoms with Crippen molar-refractivity contribution >= 4 is 23.7 Å². The van der Waals surface area contributed by atoms with Gasteiger partial charge in [0.1, 0.15) is 30.2 Å². The molecule has 6 N–H and O–H groups in total. The van der Waals surface area contributed by atoms with E-state index in [1.807, 2.05) is 58.2 Å². The number of nitrogens with two attached hydrogens (primary N) is 1. The van der Waals surface area contributed by atoms with Gasteiger partial charge in [0.15, 0.2) is 6.23 Å². The Morgan fingerprint density at radius 3 is 2.48 bits per heavy atom. The van der Waals surface area contributed by atoms with Crippen LogP contribution in [-0.2, 0) is 11.3 Å². The fourth-order valence-electron chi connectivity index (χ4n) is 4.27. The molecule has 9 heteroatoms. The van der Waals surface area contributed by atoms with Gasteiger partial charge in [0.05, 0.1) is 18.3 Å². The summed E-state index contributed by atoms with van der Waals surface area (Å²) in [6.07, 6.45) is 0.404. The van der Waals surface area contributed by atoms with Gasteiger partial charge in [0.2, 0.25) is 0 Å². The van der Waals surface area contributed by atoms with Gasteiger partial charge >= 0.3 is 0 Å². The molecule has 2 aromatic carbocycles. The molecule has 3 aromatic rings. The van der Waals surface area contributed by atoms with Crippen LogP contribution in [0.5, 0.6) is 0 Å². The van der Waals surface area contributed by atoms with E-state index in [1.54, 1.807) is 25.4 Å². The van der Waals surface area contributed by atoms with Gasteiger partial charge in [-0.3, -0.25) is 15.8 Å². The van der Waals surface area contributed by atoms with Crippen molar-refractivity contribution < 1.29 is 14.9 Å². The highest BCUT2D eigenvalue weighted by Gasteiger charge is 2.42. The number of hydrogen-bond donors (Lipinski definition) is 5. The molecule has 170 valence electrons. The first-order valence-corrected chi connectivity index (χ1v) is 10.7. The molecule has 0 bridgehead atoms. The summed E-state index contributed by atoms with van der Waals surface area (Å²) in [4.78, 5) is 4.67. The molecule has 1 saturated heterocycles. The normalized spacial score (nSPS) is 24.0. The molecule has 3 heterocycles. The number of nitrogens with one attached hydrogen (secondary N) is 2. The number of hydrazine groups is 1. The van der Waals surface area contributed by atoms with E-state index in [9.17, 15) is 10.2 Å². The van der Waals surface area contributed by atoms with E-state index in [2.05, 4.69) is 10.4 Å². The van der Waals surface area contributed by atoms with E-state index in [0.717, 1.165) is 22.4 Å². The van der Waals surface area contributed by atoms with Crippen LogP contribution in [0.15, 0.2) is 65.8 Å². The number of aliphatic hydroxyl groups is 2. The van der Waals surface area contributed by atoms with Crippen LogP contribution in [0.1, 0.15) is 24.3 Å². The van der Waals surface area contributed by atoms with Gasteiger partial charge in [0, 0.05) is 22.9 Å². The number of nitrogen functional groups attached to an aromatic ring is 1. The molecule has 0 saturated carbocycles. The summed E-state index contributed by atoms with van der Waals surface area (Å²) in [7, 11) is 0. The number of nitrogens with zero attached hydrogens (tertiary/aromatic N) is 3. The lowest BCUT2D eigenvalue weighted by molar-refractivity contribution is -0.0308. The topological polar surface area (TPSA) is 132 Å². The van der Waals surface area contributed by atoms with E-state index in [0.29, 0.717) is 17.9 Å². The molecule has 2 aliphatic heterocycles. The number of aliphatic hydroxyl groups excluding tert-OH is 2. The predicted octanol–water partition coefficient (Wildman–Crippen LogP) is 2.58. The molecule has 0 unspecified atom stereocenters. The highest BCUT2D eigenvalue weighted by molar-refractivity contribution is 5.95. The Morgan fingerprint density at radius 2 is 1.85 bits per heavy atom. The molecular formula is C24H26N6O3. The van der Waals surface area contributed by atoms with E-state index in [1.165, 1.54) is 0 Å². The zero-order chi connectivity index (χ0) is 23.1. The van der Waals surface area contributed by atoms with Crippen LogP contribution in [0.3, 0.4) is 0 Å². The van der Waals surface area contributed by atoms with Crippen molar-refractivity contribution in [2.24, 2.45) is 10.7 Å². The maximum atomic E-state index is 10.6. The fourth-order valence-corrected chi connectivity index (χ4v) is 4.27. The molecule has 2 aliphatic rings. The molecular weight excluding hydrogens is 420 g/mol. The molecule has 0 spiro atoms. The molecule has 1 fully saturated rings. The number of hydrogen-bond acceptors (Lipinski definition) is 7. The number of fused-ring (bicyclic) bond motifs is 1. The molecule has 0 aliphatic carbocycles. The second kappa shape index (κ2) is 8.36. The third-order valence-corrected chi connectivity index (χ3v) is 6.06. The molecule has 1 aromatic heterocycles. The van der Waals surface area contributed by atoms with Crippen LogP contribution in [0.25, 0.3) is 11.1 Å². The van der Waals surface area contributed by atoms with Crippen molar-refractivity contribution in [3.8, 4) is 11.1 Å². The third kappa shape index (κ3) is 3.86. The molecule has 0 amide bonds. The minimum atomic E-state index is -1.05. The summed E-state index contributed by atoms with van der Waals surface area (Å²) < 4.78 is 7.68. The van der Waals surface area contributed by atoms with Crippen molar-refractivity contribution in [1.82, 2.24) is 9.58 Å². The lowest BCUT2D eigenvalue weighted by Crippen LogP contribution is -2.31. The quantitative estimate of drug-likeness (QED) is 0.302. The highest BCUT2D eigenvalue weighted by Crippen LogP contribution is 2.41. The number of amidine groups is 1. The molecule has 0 radical (unpaired) electrons. The van der Waals surface area contributed by atoms with E-state index in [-0.39, 0.29) is 5.84 Å². The Kier molecular flexibility index (Phi) is 5.37. The average molecular weight is 447 g/mol. The lowest BCUT2D eigenvalue weighted by Gasteiger charge is -2.26. The smallest absolute Gasteiger partial charge is 0.164 e. The number of aromatic nitrogens is 1. The van der Waals surface area contributed by atoms with Gasteiger partial charge in [0.25, 0.3) is 0 Å². The minimum absolute atomic E-state index is 0.0234. The summed E-state index contributed by atoms with van der Waals surface area (Å²) >= 11 is 0. The summed E-state index contributed by atoms with van der Waals surface area (Å²) in [5, 5.41) is 30.2. The van der Waals surface area contributed by atoms with Crippen molar-refractivity contribution in [2.75, 3.05) is 5.43 Å². The average Bonchev–Trinajstić information content (AvgIpc) is 3.32. The second-order valence-corrected chi connectivity index (χ2v) is 8.31. The Balaban J connectivity index is 1.48. The Bertz CT molecular complexity index is 1190. The van der Waals surface area contributed by atoms with Crippen molar-refractivity contribution in [1.29, 1.82) is 5.41 Å². The minimum Gasteiger partial charge on any atom is -0.388 e. The lowest BCUT2D eigenvalue weighted by atomic mass is 10.0. The monoisotopic (exact) mass is 446 g/mol. The van der Waals surface area contributed by atoms with Crippen LogP contribution in [0.2, 0.25) is 0 Å². The summed E-state index contributed by atoms with van der Waals surface area (Å²) in [5.74, 6) is 0.708. The number of rotatable bonds is 5. The van der Waals surface area contributed by atoms with Crippen LogP contribution in [0, 0.1) is 5.41 Å². The first kappa shape index (κ1) is 21.2. The number of ether oxygens (including phenoxy) is 1. The number of benzene rings is 2. The summed E-state index contributed by atoms with van der Waals surface area (Å²) in [6, 6.07) is 17.3. The van der Waals surface area contributed by atoms with E-state index in [4.69, 9.17) is 15.9 Å². The first-order valence-electron chi connectivity index (χ1n) is 10.7. The SMILES string of the molecule is C[C@H]1O[C@@H](n2cc(-c3ccccc3)c3c2N=CN(Nc2ccc(C(=N)N)cc2)C3)[C@H](O)[C@@H]1O. The molecule has 5 rings (SSSR count). The highest BCUT2D eigenvalue weighted by atomic mass is 16.6. The molecule has 33 heavy (non-hydrogen) atoms. The molecule has 4 atom stereocenters.